The van der Waals surface area contributed by atoms with E-state index >= 15 is 0 Å². The number of nitrogens with zero attached hydrogens (tertiary/aromatic N) is 1. The quantitative estimate of drug-likeness (QED) is 0.728. The van der Waals surface area contributed by atoms with Gasteiger partial charge in [-0.1, -0.05) is 31.9 Å². The summed E-state index contributed by atoms with van der Waals surface area (Å²) >= 11 is 0. The van der Waals surface area contributed by atoms with E-state index in [0.29, 0.717) is 12.0 Å². The maximum Gasteiger partial charge on any atom is 0.164 e. The van der Waals surface area contributed by atoms with Crippen LogP contribution in [0.25, 0.3) is 0 Å². The van der Waals surface area contributed by atoms with E-state index in [1.54, 1.807) is 12.1 Å². The van der Waals surface area contributed by atoms with Gasteiger partial charge in [0.2, 0.25) is 0 Å². The summed E-state index contributed by atoms with van der Waals surface area (Å²) in [6.45, 7) is 5.24. The first-order valence-corrected chi connectivity index (χ1v) is 8.20. The number of carbonyl (C=O) groups excluding carboxylic acids is 1. The molecule has 0 radical (unpaired) electrons. The van der Waals surface area contributed by atoms with Crippen LogP contribution in [0.5, 0.6) is 0 Å². The lowest BCUT2D eigenvalue weighted by Gasteiger charge is -2.19. The van der Waals surface area contributed by atoms with Crippen LogP contribution in [0.1, 0.15) is 55.8 Å². The minimum atomic E-state index is -0.335. The smallest absolute Gasteiger partial charge is 0.164 e. The number of benzene rings is 1. The summed E-state index contributed by atoms with van der Waals surface area (Å²) in [5.41, 5.74) is 0.494. The Labute approximate surface area is 127 Å². The lowest BCUT2D eigenvalue weighted by molar-refractivity contribution is 0.0964. The first-order chi connectivity index (χ1) is 10.2. The van der Waals surface area contributed by atoms with Crippen molar-refractivity contribution in [1.82, 2.24) is 4.90 Å². The molecule has 0 spiro atoms. The van der Waals surface area contributed by atoms with Crippen LogP contribution >= 0.6 is 0 Å². The SMILES string of the molecule is CCCC1CCCN(CCC(=O)c2cccc(F)c2)CC1. The molecule has 1 saturated heterocycles. The minimum absolute atomic E-state index is 0.0452. The number of rotatable bonds is 6. The molecule has 0 aliphatic carbocycles. The predicted octanol–water partition coefficient (Wildman–Crippen LogP) is 4.30. The van der Waals surface area contributed by atoms with Crippen LogP contribution in [0, 0.1) is 11.7 Å². The zero-order chi connectivity index (χ0) is 15.1. The van der Waals surface area contributed by atoms with E-state index in [0.717, 1.165) is 25.6 Å². The van der Waals surface area contributed by atoms with Gasteiger partial charge in [-0.25, -0.2) is 4.39 Å². The number of Topliss-reactive ketones (excluding diaryl/α,β-unsaturated/α-hetero) is 1. The summed E-state index contributed by atoms with van der Waals surface area (Å²) in [4.78, 5) is 14.5. The fraction of sp³-hybridized carbons (Fsp3) is 0.611. The van der Waals surface area contributed by atoms with Crippen LogP contribution in [-0.4, -0.2) is 30.3 Å². The number of carbonyl (C=O) groups is 1. The average Bonchev–Trinajstić information content (AvgIpc) is 2.71. The van der Waals surface area contributed by atoms with Gasteiger partial charge in [-0.15, -0.1) is 0 Å². The molecule has 1 heterocycles. The summed E-state index contributed by atoms with van der Waals surface area (Å²) in [7, 11) is 0. The molecule has 1 atom stereocenters. The maximum atomic E-state index is 13.1. The van der Waals surface area contributed by atoms with Crippen LogP contribution in [0.15, 0.2) is 24.3 Å². The molecule has 1 unspecified atom stereocenters. The van der Waals surface area contributed by atoms with E-state index in [1.165, 1.54) is 44.2 Å². The Morgan fingerprint density at radius 2 is 2.19 bits per heavy atom. The third-order valence-electron chi connectivity index (χ3n) is 4.44. The normalized spacial score (nSPS) is 20.2. The van der Waals surface area contributed by atoms with E-state index in [4.69, 9.17) is 0 Å². The van der Waals surface area contributed by atoms with E-state index in [9.17, 15) is 9.18 Å². The van der Waals surface area contributed by atoms with Crippen molar-refractivity contribution in [1.29, 1.82) is 0 Å². The van der Waals surface area contributed by atoms with Crippen molar-refractivity contribution in [3.63, 3.8) is 0 Å². The van der Waals surface area contributed by atoms with Crippen molar-refractivity contribution in [2.24, 2.45) is 5.92 Å². The highest BCUT2D eigenvalue weighted by Crippen LogP contribution is 2.22. The molecule has 1 aliphatic heterocycles. The number of likely N-dealkylation sites (tertiary alicyclic amines) is 1. The van der Waals surface area contributed by atoms with Crippen LogP contribution < -0.4 is 0 Å². The topological polar surface area (TPSA) is 20.3 Å². The fourth-order valence-electron chi connectivity index (χ4n) is 3.21. The summed E-state index contributed by atoms with van der Waals surface area (Å²) in [6, 6.07) is 6.01. The Hall–Kier alpha value is -1.22. The zero-order valence-corrected chi connectivity index (χ0v) is 13.0. The van der Waals surface area contributed by atoms with Crippen molar-refractivity contribution < 1.29 is 9.18 Å². The van der Waals surface area contributed by atoms with Gasteiger partial charge in [-0.2, -0.15) is 0 Å². The highest BCUT2D eigenvalue weighted by atomic mass is 19.1. The molecule has 0 amide bonds. The number of hydrogen-bond acceptors (Lipinski definition) is 2. The van der Waals surface area contributed by atoms with Gasteiger partial charge in [0.25, 0.3) is 0 Å². The van der Waals surface area contributed by atoms with E-state index in [1.807, 2.05) is 0 Å². The Bertz CT molecular complexity index is 460. The molecule has 1 aromatic carbocycles. The molecule has 2 nitrogen and oxygen atoms in total. The molecular weight excluding hydrogens is 265 g/mol. The molecular formula is C18H26FNO. The molecule has 0 aromatic heterocycles. The van der Waals surface area contributed by atoms with E-state index in [2.05, 4.69) is 11.8 Å². The van der Waals surface area contributed by atoms with Crippen molar-refractivity contribution in [3.05, 3.63) is 35.6 Å². The van der Waals surface area contributed by atoms with Crippen molar-refractivity contribution >= 4 is 5.78 Å². The van der Waals surface area contributed by atoms with E-state index in [-0.39, 0.29) is 11.6 Å². The first-order valence-electron chi connectivity index (χ1n) is 8.20. The maximum absolute atomic E-state index is 13.1. The van der Waals surface area contributed by atoms with Gasteiger partial charge in [0.1, 0.15) is 5.82 Å². The third-order valence-corrected chi connectivity index (χ3v) is 4.44. The van der Waals surface area contributed by atoms with Crippen molar-refractivity contribution in [3.8, 4) is 0 Å². The molecule has 3 heteroatoms. The second kappa shape index (κ2) is 8.28. The van der Waals surface area contributed by atoms with Crippen LogP contribution in [0.3, 0.4) is 0 Å². The number of hydrogen-bond donors (Lipinski definition) is 0. The number of ketones is 1. The summed E-state index contributed by atoms with van der Waals surface area (Å²) < 4.78 is 13.1. The monoisotopic (exact) mass is 291 g/mol. The van der Waals surface area contributed by atoms with E-state index < -0.39 is 0 Å². The Balaban J connectivity index is 1.79. The summed E-state index contributed by atoms with van der Waals surface area (Å²) in [5, 5.41) is 0. The molecule has 2 rings (SSSR count). The molecule has 1 aliphatic rings. The summed E-state index contributed by atoms with van der Waals surface area (Å²) in [6.07, 6.45) is 6.89. The predicted molar refractivity (Wildman–Crippen MR) is 84.0 cm³/mol. The third kappa shape index (κ3) is 5.24. The molecule has 1 fully saturated rings. The lowest BCUT2D eigenvalue weighted by Crippen LogP contribution is -2.27. The van der Waals surface area contributed by atoms with Gasteiger partial charge in [0, 0.05) is 18.5 Å². The largest absolute Gasteiger partial charge is 0.303 e. The van der Waals surface area contributed by atoms with Gasteiger partial charge in [0.05, 0.1) is 0 Å². The standard InChI is InChI=1S/C18H26FNO/c1-2-5-15-6-4-11-20(12-9-15)13-10-18(21)16-7-3-8-17(19)14-16/h3,7-8,14-15H,2,4-6,9-13H2,1H3. The molecule has 21 heavy (non-hydrogen) atoms. The second-order valence-corrected chi connectivity index (χ2v) is 6.11. The van der Waals surface area contributed by atoms with Crippen molar-refractivity contribution in [2.45, 2.75) is 45.4 Å². The lowest BCUT2D eigenvalue weighted by atomic mass is 9.96. The Kier molecular flexibility index (Phi) is 6.37. The average molecular weight is 291 g/mol. The first kappa shape index (κ1) is 16.2. The number of halogens is 1. The summed E-state index contributed by atoms with van der Waals surface area (Å²) in [5.74, 6) is 0.570. The molecule has 0 saturated carbocycles. The Morgan fingerprint density at radius 1 is 1.33 bits per heavy atom. The van der Waals surface area contributed by atoms with Crippen molar-refractivity contribution in [2.75, 3.05) is 19.6 Å². The zero-order valence-electron chi connectivity index (χ0n) is 13.0. The van der Waals surface area contributed by atoms with Gasteiger partial charge in [0.15, 0.2) is 5.78 Å². The van der Waals surface area contributed by atoms with Crippen LogP contribution in [0.2, 0.25) is 0 Å². The van der Waals surface area contributed by atoms with Gasteiger partial charge >= 0.3 is 0 Å². The fourth-order valence-corrected chi connectivity index (χ4v) is 3.21. The van der Waals surface area contributed by atoms with Crippen LogP contribution in [0.4, 0.5) is 4.39 Å². The van der Waals surface area contributed by atoms with Crippen LogP contribution in [-0.2, 0) is 0 Å². The van der Waals surface area contributed by atoms with Gasteiger partial charge in [-0.05, 0) is 50.4 Å². The highest BCUT2D eigenvalue weighted by Gasteiger charge is 2.17. The molecule has 0 N–H and O–H groups in total. The molecule has 1 aromatic rings. The van der Waals surface area contributed by atoms with Gasteiger partial charge in [-0.3, -0.25) is 4.79 Å². The second-order valence-electron chi connectivity index (χ2n) is 6.11. The molecule has 116 valence electrons. The molecule has 0 bridgehead atoms. The highest BCUT2D eigenvalue weighted by molar-refractivity contribution is 5.96. The Morgan fingerprint density at radius 3 is 2.95 bits per heavy atom. The van der Waals surface area contributed by atoms with Gasteiger partial charge < -0.3 is 4.90 Å². The minimum Gasteiger partial charge on any atom is -0.303 e.